The molecule has 3 aromatic rings. The van der Waals surface area contributed by atoms with Crippen molar-refractivity contribution < 1.29 is 33.3 Å². The molecule has 0 amide bonds. The first-order valence-electron chi connectivity index (χ1n) is 11.7. The van der Waals surface area contributed by atoms with Crippen molar-refractivity contribution in [2.75, 3.05) is 35.8 Å². The summed E-state index contributed by atoms with van der Waals surface area (Å²) in [4.78, 5) is 44.3. The first kappa shape index (κ1) is 26.3. The van der Waals surface area contributed by atoms with Crippen LogP contribution in [0.25, 0.3) is 0 Å². The van der Waals surface area contributed by atoms with Crippen LogP contribution in [0.5, 0.6) is 0 Å². The predicted octanol–water partition coefficient (Wildman–Crippen LogP) is 2.94. The van der Waals surface area contributed by atoms with Gasteiger partial charge in [0.05, 0.1) is 19.9 Å². The number of carbonyl (C=O) groups is 2. The third-order valence-electron chi connectivity index (χ3n) is 5.24. The average Bonchev–Trinajstić information content (AvgIpc) is 3.35. The molecule has 0 radical (unpaired) electrons. The maximum absolute atomic E-state index is 12.4. The first-order chi connectivity index (χ1) is 18.5. The number of nitrogen functional groups attached to an aromatic ring is 1. The number of carbonyl (C=O) groups excluding carboxylic acids is 2. The van der Waals surface area contributed by atoms with Crippen molar-refractivity contribution in [1.29, 1.82) is 0 Å². The van der Waals surface area contributed by atoms with Crippen molar-refractivity contribution in [3.8, 4) is 0 Å². The van der Waals surface area contributed by atoms with Crippen LogP contribution in [-0.2, 0) is 36.9 Å². The highest BCUT2D eigenvalue weighted by Gasteiger charge is 2.33. The minimum Gasteiger partial charge on any atom is -0.434 e. The Morgan fingerprint density at radius 3 is 2.21 bits per heavy atom. The predicted molar refractivity (Wildman–Crippen MR) is 135 cm³/mol. The Morgan fingerprint density at radius 2 is 1.55 bits per heavy atom. The highest BCUT2D eigenvalue weighted by atomic mass is 16.8. The van der Waals surface area contributed by atoms with Gasteiger partial charge in [0.15, 0.2) is 5.82 Å². The minimum absolute atomic E-state index is 0.00149. The molecule has 0 aliphatic carbocycles. The molecule has 4 rings (SSSR count). The van der Waals surface area contributed by atoms with Crippen molar-refractivity contribution in [3.63, 3.8) is 0 Å². The number of nitrogens with zero attached hydrogens (tertiary/aromatic N) is 2. The zero-order valence-electron chi connectivity index (χ0n) is 20.3. The first-order valence-corrected chi connectivity index (χ1v) is 11.7. The Bertz CT molecular complexity index is 1270. The van der Waals surface area contributed by atoms with E-state index in [0.717, 1.165) is 11.1 Å². The standard InChI is InChI=1S/C25H27N5O8/c26-22-28-20-19(21(31)29-22)27-16-30(20)23(38-25(33)37-15-18-10-5-2-6-11-18)34-12-7-13-35-24(32)36-14-17-8-3-1-4-9-17/h1-6,8-11,23,27H,7,12-16H2,(H3,26,28,29,31). The number of ether oxygens (including phenoxy) is 5. The number of nitrogens with one attached hydrogen (secondary N) is 2. The molecule has 200 valence electrons. The van der Waals surface area contributed by atoms with E-state index >= 15 is 0 Å². The van der Waals surface area contributed by atoms with Gasteiger partial charge in [-0.15, -0.1) is 0 Å². The van der Waals surface area contributed by atoms with E-state index in [0.29, 0.717) is 0 Å². The molecule has 0 saturated carbocycles. The number of benzene rings is 2. The molecule has 1 aromatic heterocycles. The monoisotopic (exact) mass is 525 g/mol. The van der Waals surface area contributed by atoms with E-state index in [4.69, 9.17) is 29.4 Å². The van der Waals surface area contributed by atoms with Crippen LogP contribution in [0.1, 0.15) is 17.5 Å². The van der Waals surface area contributed by atoms with E-state index in [1.54, 1.807) is 12.1 Å². The van der Waals surface area contributed by atoms with Crippen LogP contribution in [-0.4, -0.2) is 48.6 Å². The molecule has 0 fully saturated rings. The molecule has 13 nitrogen and oxygen atoms in total. The van der Waals surface area contributed by atoms with Gasteiger partial charge in [-0.25, -0.2) is 9.59 Å². The van der Waals surface area contributed by atoms with Gasteiger partial charge in [-0.2, -0.15) is 4.98 Å². The van der Waals surface area contributed by atoms with Gasteiger partial charge in [-0.05, 0) is 11.1 Å². The Hall–Kier alpha value is -4.78. The highest BCUT2D eigenvalue weighted by molar-refractivity contribution is 5.71. The van der Waals surface area contributed by atoms with Gasteiger partial charge in [0.1, 0.15) is 18.9 Å². The smallest absolute Gasteiger partial charge is 0.434 e. The lowest BCUT2D eigenvalue weighted by molar-refractivity contribution is -0.124. The number of H-pyrrole nitrogens is 1. The summed E-state index contributed by atoms with van der Waals surface area (Å²) in [7, 11) is 0. The SMILES string of the molecule is Nc1nc2c(c(=O)[nH]1)NCN2C(OCCCOC(=O)OCc1ccccc1)OC(=O)OCc1ccccc1. The molecule has 1 atom stereocenters. The van der Waals surface area contributed by atoms with E-state index in [1.807, 2.05) is 48.5 Å². The molecule has 1 aliphatic rings. The second-order valence-corrected chi connectivity index (χ2v) is 8.00. The summed E-state index contributed by atoms with van der Waals surface area (Å²) in [6.07, 6.45) is -2.86. The Morgan fingerprint density at radius 1 is 0.921 bits per heavy atom. The van der Waals surface area contributed by atoms with E-state index in [9.17, 15) is 14.4 Å². The van der Waals surface area contributed by atoms with Gasteiger partial charge in [0, 0.05) is 6.42 Å². The normalized spacial score (nSPS) is 12.7. The summed E-state index contributed by atoms with van der Waals surface area (Å²) in [5, 5.41) is 2.87. The Balaban J connectivity index is 1.30. The van der Waals surface area contributed by atoms with Gasteiger partial charge in [0.25, 0.3) is 12.0 Å². The number of aromatic nitrogens is 2. The zero-order valence-corrected chi connectivity index (χ0v) is 20.3. The molecule has 1 aliphatic heterocycles. The zero-order chi connectivity index (χ0) is 26.7. The van der Waals surface area contributed by atoms with Gasteiger partial charge < -0.3 is 34.7 Å². The summed E-state index contributed by atoms with van der Waals surface area (Å²) in [5.74, 6) is 0.0307. The fraction of sp³-hybridized carbons (Fsp3) is 0.280. The molecular weight excluding hydrogens is 498 g/mol. The third kappa shape index (κ3) is 7.36. The number of fused-ring (bicyclic) bond motifs is 1. The molecular formula is C25H27N5O8. The Kier molecular flexibility index (Phi) is 8.97. The van der Waals surface area contributed by atoms with E-state index in [1.165, 1.54) is 4.90 Å². The summed E-state index contributed by atoms with van der Waals surface area (Å²) in [6.45, 7) is 0.151. The maximum Gasteiger partial charge on any atom is 0.512 e. The topological polar surface area (TPSA) is 167 Å². The average molecular weight is 526 g/mol. The Labute approximate surface area is 217 Å². The molecule has 13 heteroatoms. The van der Waals surface area contributed by atoms with Crippen LogP contribution >= 0.6 is 0 Å². The van der Waals surface area contributed by atoms with E-state index < -0.39 is 24.3 Å². The molecule has 0 saturated heterocycles. The van der Waals surface area contributed by atoms with Crippen LogP contribution in [0.4, 0.5) is 27.0 Å². The lowest BCUT2D eigenvalue weighted by Crippen LogP contribution is -2.41. The summed E-state index contributed by atoms with van der Waals surface area (Å²) in [6, 6.07) is 18.3. The fourth-order valence-corrected chi connectivity index (χ4v) is 3.44. The lowest BCUT2D eigenvalue weighted by Gasteiger charge is -2.27. The second-order valence-electron chi connectivity index (χ2n) is 8.00. The summed E-state index contributed by atoms with van der Waals surface area (Å²) in [5.41, 5.74) is 6.95. The van der Waals surface area contributed by atoms with Gasteiger partial charge >= 0.3 is 12.3 Å². The number of anilines is 3. The van der Waals surface area contributed by atoms with E-state index in [-0.39, 0.29) is 57.0 Å². The van der Waals surface area contributed by atoms with Crippen molar-refractivity contribution in [2.45, 2.75) is 26.0 Å². The van der Waals surface area contributed by atoms with Crippen LogP contribution in [0.3, 0.4) is 0 Å². The summed E-state index contributed by atoms with van der Waals surface area (Å²) >= 11 is 0. The largest absolute Gasteiger partial charge is 0.512 e. The quantitative estimate of drug-likeness (QED) is 0.190. The van der Waals surface area contributed by atoms with Gasteiger partial charge in [0.2, 0.25) is 5.95 Å². The van der Waals surface area contributed by atoms with Crippen molar-refractivity contribution in [3.05, 3.63) is 82.1 Å². The van der Waals surface area contributed by atoms with Crippen LogP contribution in [0, 0.1) is 0 Å². The van der Waals surface area contributed by atoms with Crippen LogP contribution in [0.15, 0.2) is 65.5 Å². The highest BCUT2D eigenvalue weighted by Crippen LogP contribution is 2.28. The second kappa shape index (κ2) is 13.0. The van der Waals surface area contributed by atoms with Crippen LogP contribution in [0.2, 0.25) is 0 Å². The third-order valence-corrected chi connectivity index (χ3v) is 5.24. The maximum atomic E-state index is 12.4. The molecule has 2 heterocycles. The molecule has 2 aromatic carbocycles. The summed E-state index contributed by atoms with van der Waals surface area (Å²) < 4.78 is 26.4. The number of rotatable bonds is 11. The van der Waals surface area contributed by atoms with Crippen molar-refractivity contribution >= 4 is 29.8 Å². The van der Waals surface area contributed by atoms with Gasteiger partial charge in [-0.3, -0.25) is 14.7 Å². The number of nitrogens with two attached hydrogens (primary N) is 1. The number of aromatic amines is 1. The van der Waals surface area contributed by atoms with Crippen LogP contribution < -0.4 is 21.5 Å². The lowest BCUT2D eigenvalue weighted by atomic mass is 10.2. The molecule has 38 heavy (non-hydrogen) atoms. The molecule has 0 bridgehead atoms. The minimum atomic E-state index is -1.31. The molecule has 4 N–H and O–H groups in total. The van der Waals surface area contributed by atoms with E-state index in [2.05, 4.69) is 15.3 Å². The van der Waals surface area contributed by atoms with Crippen molar-refractivity contribution in [2.24, 2.45) is 0 Å². The fourth-order valence-electron chi connectivity index (χ4n) is 3.44. The number of hydrogen-bond donors (Lipinski definition) is 3. The van der Waals surface area contributed by atoms with Crippen molar-refractivity contribution in [1.82, 2.24) is 9.97 Å². The molecule has 0 spiro atoms. The molecule has 1 unspecified atom stereocenters. The van der Waals surface area contributed by atoms with Gasteiger partial charge in [-0.1, -0.05) is 60.7 Å². The number of hydrogen-bond acceptors (Lipinski definition) is 12.